The van der Waals surface area contributed by atoms with E-state index in [2.05, 4.69) is 15.0 Å². The van der Waals surface area contributed by atoms with Crippen molar-refractivity contribution in [1.29, 1.82) is 0 Å². The molecule has 3 heterocycles. The van der Waals surface area contributed by atoms with E-state index in [1.807, 2.05) is 0 Å². The van der Waals surface area contributed by atoms with Crippen LogP contribution in [0.25, 0.3) is 33.4 Å². The number of benzene rings is 1. The summed E-state index contributed by atoms with van der Waals surface area (Å²) in [5.41, 5.74) is -2.01. The van der Waals surface area contributed by atoms with Gasteiger partial charge in [-0.25, -0.2) is 9.97 Å². The van der Waals surface area contributed by atoms with Crippen molar-refractivity contribution in [2.75, 3.05) is 0 Å². The van der Waals surface area contributed by atoms with Crippen LogP contribution in [0.15, 0.2) is 59.9 Å². The second-order valence-electron chi connectivity index (χ2n) is 7.12. The monoisotopic (exact) mass is 464 g/mol. The Morgan fingerprint density at radius 3 is 2.15 bits per heavy atom. The lowest BCUT2D eigenvalue weighted by molar-refractivity contribution is -0.138. The lowest BCUT2D eigenvalue weighted by Crippen LogP contribution is -2.20. The molecule has 11 heteroatoms. The molecule has 0 aliphatic carbocycles. The number of halogens is 6. The van der Waals surface area contributed by atoms with Gasteiger partial charge in [-0.05, 0) is 31.2 Å². The van der Waals surface area contributed by atoms with Crippen molar-refractivity contribution in [3.05, 3.63) is 76.6 Å². The molecule has 0 fully saturated rings. The first-order chi connectivity index (χ1) is 15.5. The molecular formula is C22H14F6N4O. The van der Waals surface area contributed by atoms with Crippen LogP contribution >= 0.6 is 0 Å². The van der Waals surface area contributed by atoms with Gasteiger partial charge in [0.25, 0.3) is 5.56 Å². The molecule has 3 aromatic heterocycles. The summed E-state index contributed by atoms with van der Waals surface area (Å²) in [6, 6.07) is 6.28. The van der Waals surface area contributed by atoms with Gasteiger partial charge in [-0.15, -0.1) is 0 Å². The maximum atomic E-state index is 13.2. The molecule has 0 unspecified atom stereocenters. The second-order valence-corrected chi connectivity index (χ2v) is 7.12. The van der Waals surface area contributed by atoms with E-state index in [-0.39, 0.29) is 33.4 Å². The first-order valence-electron chi connectivity index (χ1n) is 9.59. The number of alkyl halides is 6. The minimum Gasteiger partial charge on any atom is -0.299 e. The van der Waals surface area contributed by atoms with Gasteiger partial charge in [-0.3, -0.25) is 14.3 Å². The van der Waals surface area contributed by atoms with Crippen molar-refractivity contribution in [2.24, 2.45) is 0 Å². The molecule has 0 saturated heterocycles. The van der Waals surface area contributed by atoms with Crippen LogP contribution in [0.5, 0.6) is 0 Å². The summed E-state index contributed by atoms with van der Waals surface area (Å²) in [6.45, 7) is 2.00. The molecular weight excluding hydrogens is 450 g/mol. The Hall–Kier alpha value is -3.76. The van der Waals surface area contributed by atoms with Gasteiger partial charge in [0.1, 0.15) is 5.52 Å². The minimum absolute atomic E-state index is 0.0373. The molecule has 0 saturated carbocycles. The molecule has 0 spiro atoms. The van der Waals surface area contributed by atoms with Crippen LogP contribution in [-0.2, 0) is 18.9 Å². The number of hydrogen-bond donors (Lipinski definition) is 0. The molecule has 0 amide bonds. The fourth-order valence-electron chi connectivity index (χ4n) is 3.30. The number of hydrogen-bond acceptors (Lipinski definition) is 4. The molecule has 4 rings (SSSR count). The summed E-state index contributed by atoms with van der Waals surface area (Å²) in [6.07, 6.45) is -6.13. The van der Waals surface area contributed by atoms with E-state index >= 15 is 0 Å². The first-order valence-corrected chi connectivity index (χ1v) is 9.59. The van der Waals surface area contributed by atoms with Gasteiger partial charge in [-0.2, -0.15) is 26.3 Å². The van der Waals surface area contributed by atoms with Crippen molar-refractivity contribution in [1.82, 2.24) is 19.5 Å². The molecule has 170 valence electrons. The highest BCUT2D eigenvalue weighted by molar-refractivity contribution is 5.93. The third kappa shape index (κ3) is 4.30. The second kappa shape index (κ2) is 7.98. The van der Waals surface area contributed by atoms with E-state index in [1.165, 1.54) is 29.1 Å². The fraction of sp³-hybridized carbons (Fsp3) is 0.182. The largest absolute Gasteiger partial charge is 0.417 e. The Kier molecular flexibility index (Phi) is 5.43. The van der Waals surface area contributed by atoms with Crippen LogP contribution < -0.4 is 5.56 Å². The predicted octanol–water partition coefficient (Wildman–Crippen LogP) is 5.58. The molecule has 33 heavy (non-hydrogen) atoms. The molecule has 5 nitrogen and oxygen atoms in total. The molecule has 4 aromatic rings. The van der Waals surface area contributed by atoms with Gasteiger partial charge in [0.15, 0.2) is 0 Å². The fourth-order valence-corrected chi connectivity index (χ4v) is 3.30. The van der Waals surface area contributed by atoms with E-state index < -0.39 is 29.0 Å². The maximum Gasteiger partial charge on any atom is 0.417 e. The Morgan fingerprint density at radius 2 is 1.55 bits per heavy atom. The summed E-state index contributed by atoms with van der Waals surface area (Å²) in [7, 11) is 0. The lowest BCUT2D eigenvalue weighted by atomic mass is 10.0. The quantitative estimate of drug-likeness (QED) is 0.372. The summed E-state index contributed by atoms with van der Waals surface area (Å²) in [5.74, 6) is 0. The van der Waals surface area contributed by atoms with Crippen LogP contribution in [0.2, 0.25) is 0 Å². The topological polar surface area (TPSA) is 60.7 Å². The van der Waals surface area contributed by atoms with Crippen LogP contribution in [0, 0.1) is 0 Å². The molecule has 0 aliphatic rings. The van der Waals surface area contributed by atoms with E-state index in [1.54, 1.807) is 6.92 Å². The predicted molar refractivity (Wildman–Crippen MR) is 108 cm³/mol. The summed E-state index contributed by atoms with van der Waals surface area (Å²) in [5, 5.41) is 0.0664. The van der Waals surface area contributed by atoms with Crippen LogP contribution in [-0.4, -0.2) is 19.5 Å². The molecule has 0 radical (unpaired) electrons. The first kappa shape index (κ1) is 22.4. The van der Waals surface area contributed by atoms with Crippen LogP contribution in [0.3, 0.4) is 0 Å². The highest BCUT2D eigenvalue weighted by atomic mass is 19.4. The van der Waals surface area contributed by atoms with Crippen molar-refractivity contribution in [3.8, 4) is 22.5 Å². The standard InChI is InChI=1S/C22H14F6N4O/c1-2-32-11-30-19-16(20(32)33)8-17(12-3-5-14(6-4-12)21(23,24)25)31-18(19)13-7-15(10-29-9-13)22(26,27)28/h3-11H,2H2,1H3. The van der Waals surface area contributed by atoms with E-state index in [0.29, 0.717) is 12.7 Å². The Labute approximate surface area is 182 Å². The number of aryl methyl sites for hydroxylation is 1. The number of pyridine rings is 2. The van der Waals surface area contributed by atoms with Gasteiger partial charge in [0.2, 0.25) is 0 Å². The number of fused-ring (bicyclic) bond motifs is 1. The number of rotatable bonds is 3. The molecule has 0 bridgehead atoms. The van der Waals surface area contributed by atoms with E-state index in [4.69, 9.17) is 0 Å². The highest BCUT2D eigenvalue weighted by Crippen LogP contribution is 2.35. The Bertz CT molecular complexity index is 1390. The smallest absolute Gasteiger partial charge is 0.299 e. The van der Waals surface area contributed by atoms with Crippen molar-refractivity contribution in [2.45, 2.75) is 25.8 Å². The minimum atomic E-state index is -4.66. The lowest BCUT2D eigenvalue weighted by Gasteiger charge is -2.13. The van der Waals surface area contributed by atoms with Gasteiger partial charge >= 0.3 is 12.4 Å². The number of aromatic nitrogens is 4. The zero-order chi connectivity index (χ0) is 24.0. The zero-order valence-electron chi connectivity index (χ0n) is 16.9. The average molecular weight is 464 g/mol. The summed E-state index contributed by atoms with van der Waals surface area (Å²) >= 11 is 0. The van der Waals surface area contributed by atoms with Gasteiger partial charge in [0.05, 0.1) is 34.2 Å². The third-order valence-corrected chi connectivity index (χ3v) is 5.00. The summed E-state index contributed by atoms with van der Waals surface area (Å²) in [4.78, 5) is 25.1. The SMILES string of the molecule is CCn1cnc2c(-c3cncc(C(F)(F)F)c3)nc(-c3ccc(C(F)(F)F)cc3)cc2c1=O. The van der Waals surface area contributed by atoms with Crippen LogP contribution in [0.4, 0.5) is 26.3 Å². The molecule has 0 aliphatic heterocycles. The summed E-state index contributed by atoms with van der Waals surface area (Å²) < 4.78 is 79.7. The normalized spacial score (nSPS) is 12.3. The van der Waals surface area contributed by atoms with E-state index in [9.17, 15) is 31.1 Å². The van der Waals surface area contributed by atoms with Crippen molar-refractivity contribution >= 4 is 10.9 Å². The van der Waals surface area contributed by atoms with Crippen molar-refractivity contribution in [3.63, 3.8) is 0 Å². The average Bonchev–Trinajstić information content (AvgIpc) is 2.78. The Morgan fingerprint density at radius 1 is 0.879 bits per heavy atom. The van der Waals surface area contributed by atoms with Crippen molar-refractivity contribution < 1.29 is 26.3 Å². The zero-order valence-corrected chi connectivity index (χ0v) is 16.9. The molecule has 1 aromatic carbocycles. The van der Waals surface area contributed by atoms with Gasteiger partial charge in [-0.1, -0.05) is 12.1 Å². The van der Waals surface area contributed by atoms with E-state index in [0.717, 1.165) is 24.4 Å². The third-order valence-electron chi connectivity index (χ3n) is 5.00. The highest BCUT2D eigenvalue weighted by Gasteiger charge is 2.32. The Balaban J connectivity index is 1.99. The maximum absolute atomic E-state index is 13.2. The van der Waals surface area contributed by atoms with Gasteiger partial charge < -0.3 is 0 Å². The molecule has 0 atom stereocenters. The van der Waals surface area contributed by atoms with Gasteiger partial charge in [0, 0.05) is 30.1 Å². The number of nitrogens with zero attached hydrogens (tertiary/aromatic N) is 4. The molecule has 0 N–H and O–H groups in total. The van der Waals surface area contributed by atoms with Crippen LogP contribution in [0.1, 0.15) is 18.1 Å².